The molecule has 0 spiro atoms. The molecule has 31 heavy (non-hydrogen) atoms. The first kappa shape index (κ1) is 22.9. The van der Waals surface area contributed by atoms with Crippen LogP contribution < -0.4 is 0 Å². The lowest BCUT2D eigenvalue weighted by Crippen LogP contribution is -2.65. The van der Waals surface area contributed by atoms with Crippen molar-refractivity contribution in [2.45, 2.75) is 50.1 Å². The summed E-state index contributed by atoms with van der Waals surface area (Å²) in [7, 11) is 0. The van der Waals surface area contributed by atoms with Crippen molar-refractivity contribution in [1.82, 2.24) is 4.90 Å². The topological polar surface area (TPSA) is 126 Å². The summed E-state index contributed by atoms with van der Waals surface area (Å²) in [6.45, 7) is 3.18. The molecule has 2 aliphatic rings. The van der Waals surface area contributed by atoms with Crippen LogP contribution in [-0.4, -0.2) is 70.6 Å². The van der Waals surface area contributed by atoms with Crippen LogP contribution in [0.5, 0.6) is 0 Å². The Morgan fingerprint density at radius 3 is 1.94 bits per heavy atom. The zero-order valence-corrected chi connectivity index (χ0v) is 18.5. The fourth-order valence-corrected chi connectivity index (χ4v) is 4.43. The van der Waals surface area contributed by atoms with Gasteiger partial charge in [-0.1, -0.05) is 28.1 Å². The normalized spacial score (nSPS) is 27.5. The van der Waals surface area contributed by atoms with Crippen LogP contribution >= 0.6 is 15.9 Å². The first-order chi connectivity index (χ1) is 14.6. The lowest BCUT2D eigenvalue weighted by molar-refractivity contribution is -0.216. The van der Waals surface area contributed by atoms with Crippen molar-refractivity contribution in [2.75, 3.05) is 6.61 Å². The molecule has 0 N–H and O–H groups in total. The van der Waals surface area contributed by atoms with Gasteiger partial charge in [0.15, 0.2) is 12.2 Å². The van der Waals surface area contributed by atoms with E-state index in [1.165, 1.54) is 19.1 Å². The summed E-state index contributed by atoms with van der Waals surface area (Å²) in [4.78, 5) is 61.9. The lowest BCUT2D eigenvalue weighted by atomic mass is 9.96. The van der Waals surface area contributed by atoms with Gasteiger partial charge in [0.25, 0.3) is 11.8 Å². The van der Waals surface area contributed by atoms with Crippen molar-refractivity contribution in [2.24, 2.45) is 0 Å². The third kappa shape index (κ3) is 4.62. The number of hydrogen-bond acceptors (Lipinski definition) is 9. The minimum absolute atomic E-state index is 0.194. The molecule has 0 radical (unpaired) electrons. The fraction of sp³-hybridized carbons (Fsp3) is 0.450. The van der Waals surface area contributed by atoms with Gasteiger partial charge in [-0.2, -0.15) is 0 Å². The summed E-state index contributed by atoms with van der Waals surface area (Å²) in [5.74, 6) is -3.24. The Labute approximate surface area is 185 Å². The number of nitrogens with zero attached hydrogens (tertiary/aromatic N) is 1. The van der Waals surface area contributed by atoms with Crippen LogP contribution in [0.3, 0.4) is 0 Å². The van der Waals surface area contributed by atoms with Gasteiger partial charge in [0.05, 0.1) is 11.1 Å². The standard InChI is InChI=1S/C20H20BrNO9/c1-9(23)28-8-14-16(29-10(2)24)17(30-11(3)25)15(18(21)31-14)22-19(26)12-6-4-5-7-13(12)20(22)27/h4-7,14-18H,8H2,1-3H3/t14?,15?,16-,17?,18+/m0/s1. The third-order valence-corrected chi connectivity index (χ3v) is 5.54. The van der Waals surface area contributed by atoms with E-state index in [2.05, 4.69) is 15.9 Å². The predicted octanol–water partition coefficient (Wildman–Crippen LogP) is 1.20. The maximum atomic E-state index is 13.0. The molecule has 3 unspecified atom stereocenters. The summed E-state index contributed by atoms with van der Waals surface area (Å²) in [6.07, 6.45) is -3.54. The van der Waals surface area contributed by atoms with Gasteiger partial charge in [0, 0.05) is 20.8 Å². The van der Waals surface area contributed by atoms with Gasteiger partial charge >= 0.3 is 17.9 Å². The van der Waals surface area contributed by atoms with Gasteiger partial charge < -0.3 is 18.9 Å². The van der Waals surface area contributed by atoms with E-state index in [0.29, 0.717) is 0 Å². The Balaban J connectivity index is 2.01. The molecule has 11 heteroatoms. The van der Waals surface area contributed by atoms with E-state index < -0.39 is 59.1 Å². The molecule has 2 heterocycles. The summed E-state index contributed by atoms with van der Waals surface area (Å²) in [6, 6.07) is 5.11. The van der Waals surface area contributed by atoms with Gasteiger partial charge in [0.1, 0.15) is 23.8 Å². The van der Waals surface area contributed by atoms with E-state index in [9.17, 15) is 24.0 Å². The van der Waals surface area contributed by atoms with E-state index in [1.54, 1.807) is 12.1 Å². The third-order valence-electron chi connectivity index (χ3n) is 4.78. The highest BCUT2D eigenvalue weighted by atomic mass is 79.9. The largest absolute Gasteiger partial charge is 0.463 e. The first-order valence-corrected chi connectivity index (χ1v) is 10.3. The van der Waals surface area contributed by atoms with Crippen LogP contribution in [0.2, 0.25) is 0 Å². The number of imide groups is 1. The second-order valence-corrected chi connectivity index (χ2v) is 7.90. The molecule has 10 nitrogen and oxygen atoms in total. The van der Waals surface area contributed by atoms with Crippen LogP contribution in [0.25, 0.3) is 0 Å². The van der Waals surface area contributed by atoms with Crippen LogP contribution in [0, 0.1) is 0 Å². The maximum absolute atomic E-state index is 13.0. The molecule has 5 atom stereocenters. The summed E-state index contributed by atoms with van der Waals surface area (Å²) in [5.41, 5.74) is 0.389. The van der Waals surface area contributed by atoms with Crippen LogP contribution in [-0.2, 0) is 33.3 Å². The van der Waals surface area contributed by atoms with Gasteiger partial charge in [-0.05, 0) is 12.1 Å². The average molecular weight is 498 g/mol. The molecule has 1 saturated heterocycles. The minimum atomic E-state index is -1.28. The number of halogens is 1. The molecule has 0 saturated carbocycles. The summed E-state index contributed by atoms with van der Waals surface area (Å²) < 4.78 is 21.5. The molecule has 0 aromatic heterocycles. The molecule has 1 fully saturated rings. The SMILES string of the molecule is CC(=O)OCC1O[C@@H](Br)C(N2C(=O)c3ccccc3C2=O)C(OC(C)=O)[C@H]1OC(C)=O. The molecule has 1 aromatic carbocycles. The van der Waals surface area contributed by atoms with E-state index in [4.69, 9.17) is 18.9 Å². The van der Waals surface area contributed by atoms with Crippen molar-refractivity contribution in [3.8, 4) is 0 Å². The van der Waals surface area contributed by atoms with Crippen molar-refractivity contribution in [3.63, 3.8) is 0 Å². The number of carbonyl (C=O) groups excluding carboxylic acids is 5. The van der Waals surface area contributed by atoms with Crippen LogP contribution in [0.1, 0.15) is 41.5 Å². The predicted molar refractivity (Wildman–Crippen MR) is 106 cm³/mol. The number of fused-ring (bicyclic) bond motifs is 1. The van der Waals surface area contributed by atoms with Gasteiger partial charge in [0.2, 0.25) is 0 Å². The highest BCUT2D eigenvalue weighted by Crippen LogP contribution is 2.36. The van der Waals surface area contributed by atoms with Crippen molar-refractivity contribution >= 4 is 45.7 Å². The lowest BCUT2D eigenvalue weighted by Gasteiger charge is -2.45. The van der Waals surface area contributed by atoms with Gasteiger partial charge in [-0.25, -0.2) is 0 Å². The average Bonchev–Trinajstić information content (AvgIpc) is 2.93. The second-order valence-electron chi connectivity index (χ2n) is 6.99. The molecule has 1 aromatic rings. The molecule has 3 rings (SSSR count). The van der Waals surface area contributed by atoms with Gasteiger partial charge in [-0.15, -0.1) is 0 Å². The molecule has 0 bridgehead atoms. The highest BCUT2D eigenvalue weighted by molar-refractivity contribution is 9.09. The monoisotopic (exact) mass is 497 g/mol. The van der Waals surface area contributed by atoms with E-state index in [0.717, 1.165) is 18.7 Å². The smallest absolute Gasteiger partial charge is 0.303 e. The van der Waals surface area contributed by atoms with Crippen LogP contribution in [0.4, 0.5) is 0 Å². The van der Waals surface area contributed by atoms with E-state index >= 15 is 0 Å². The Hall–Kier alpha value is -2.79. The number of carbonyl (C=O) groups is 5. The van der Waals surface area contributed by atoms with E-state index in [-0.39, 0.29) is 17.7 Å². The summed E-state index contributed by atoms with van der Waals surface area (Å²) in [5, 5.41) is -1.01. The zero-order valence-electron chi connectivity index (χ0n) is 16.9. The van der Waals surface area contributed by atoms with Crippen LogP contribution in [0.15, 0.2) is 24.3 Å². The van der Waals surface area contributed by atoms with Gasteiger partial charge in [-0.3, -0.25) is 28.9 Å². The number of benzene rings is 1. The number of alkyl halides is 1. The van der Waals surface area contributed by atoms with E-state index in [1.807, 2.05) is 0 Å². The summed E-state index contributed by atoms with van der Waals surface area (Å²) >= 11 is 3.30. The molecule has 2 aliphatic heterocycles. The zero-order chi connectivity index (χ0) is 22.9. The fourth-order valence-electron chi connectivity index (χ4n) is 3.62. The number of hydrogen-bond donors (Lipinski definition) is 0. The second kappa shape index (κ2) is 9.15. The highest BCUT2D eigenvalue weighted by Gasteiger charge is 2.56. The first-order valence-electron chi connectivity index (χ1n) is 9.36. The molecular formula is C20H20BrNO9. The molecular weight excluding hydrogens is 478 g/mol. The Bertz CT molecular complexity index is 898. The number of ether oxygens (including phenoxy) is 4. The quantitative estimate of drug-likeness (QED) is 0.255. The Morgan fingerprint density at radius 1 is 0.935 bits per heavy atom. The van der Waals surface area contributed by atoms with Crippen molar-refractivity contribution in [1.29, 1.82) is 0 Å². The molecule has 2 amide bonds. The molecule has 166 valence electrons. The maximum Gasteiger partial charge on any atom is 0.303 e. The van der Waals surface area contributed by atoms with Crippen molar-refractivity contribution in [3.05, 3.63) is 35.4 Å². The van der Waals surface area contributed by atoms with Crippen molar-refractivity contribution < 1.29 is 42.9 Å². The Kier molecular flexibility index (Phi) is 6.75. The number of amides is 2. The Morgan fingerprint density at radius 2 is 1.45 bits per heavy atom. The number of rotatable bonds is 5. The number of esters is 3. The minimum Gasteiger partial charge on any atom is -0.463 e. The molecule has 0 aliphatic carbocycles.